The topological polar surface area (TPSA) is 41.6 Å². The first kappa shape index (κ1) is 13.5. The van der Waals surface area contributed by atoms with Crippen LogP contribution in [0.5, 0.6) is 0 Å². The Morgan fingerprint density at radius 3 is 2.31 bits per heavy atom. The summed E-state index contributed by atoms with van der Waals surface area (Å²) in [4.78, 5) is 19.3. The van der Waals surface area contributed by atoms with Gasteiger partial charge < -0.3 is 4.90 Å². The van der Waals surface area contributed by atoms with Gasteiger partial charge in [-0.25, -0.2) is 0 Å². The Bertz CT molecular complexity index is 230. The fourth-order valence-corrected chi connectivity index (χ4v) is 1.70. The van der Waals surface area contributed by atoms with Gasteiger partial charge in [0.1, 0.15) is 6.04 Å². The molecule has 94 valence electrons. The van der Waals surface area contributed by atoms with Gasteiger partial charge >= 0.3 is 0 Å². The summed E-state index contributed by atoms with van der Waals surface area (Å²) in [6.45, 7) is 9.50. The van der Waals surface area contributed by atoms with Gasteiger partial charge in [0.05, 0.1) is 5.60 Å². The third kappa shape index (κ3) is 4.49. The smallest absolute Gasteiger partial charge is 0.241 e. The summed E-state index contributed by atoms with van der Waals surface area (Å²) in [5.41, 5.74) is 2.56. The Morgan fingerprint density at radius 2 is 1.81 bits per heavy atom. The van der Waals surface area contributed by atoms with Crippen molar-refractivity contribution < 1.29 is 9.63 Å². The van der Waals surface area contributed by atoms with Crippen molar-refractivity contribution in [2.45, 2.75) is 58.6 Å². The SMILES string of the molecule is CC(NOC(C)(C)C)C(=O)N1CCCCC1. The maximum absolute atomic E-state index is 12.0. The minimum atomic E-state index is -0.267. The molecule has 0 aromatic carbocycles. The summed E-state index contributed by atoms with van der Waals surface area (Å²) < 4.78 is 0. The van der Waals surface area contributed by atoms with Crippen LogP contribution in [0.3, 0.4) is 0 Å². The average molecular weight is 228 g/mol. The maximum atomic E-state index is 12.0. The fourth-order valence-electron chi connectivity index (χ4n) is 1.70. The Balaban J connectivity index is 2.34. The first-order valence-electron chi connectivity index (χ1n) is 6.12. The number of nitrogens with one attached hydrogen (secondary N) is 1. The molecule has 1 rings (SSSR count). The third-order valence-corrected chi connectivity index (χ3v) is 2.58. The summed E-state index contributed by atoms with van der Waals surface area (Å²) in [7, 11) is 0. The van der Waals surface area contributed by atoms with Gasteiger partial charge in [0, 0.05) is 13.1 Å². The fraction of sp³-hybridized carbons (Fsp3) is 0.917. The van der Waals surface area contributed by atoms with E-state index in [1.807, 2.05) is 32.6 Å². The van der Waals surface area contributed by atoms with E-state index < -0.39 is 0 Å². The van der Waals surface area contributed by atoms with Gasteiger partial charge in [0.2, 0.25) is 5.91 Å². The van der Waals surface area contributed by atoms with Gasteiger partial charge in [-0.05, 0) is 47.0 Å². The summed E-state index contributed by atoms with van der Waals surface area (Å²) in [6, 6.07) is -0.266. The van der Waals surface area contributed by atoms with Gasteiger partial charge in [0.25, 0.3) is 0 Å². The predicted molar refractivity (Wildman–Crippen MR) is 63.9 cm³/mol. The van der Waals surface area contributed by atoms with E-state index in [2.05, 4.69) is 5.48 Å². The van der Waals surface area contributed by atoms with E-state index in [1.54, 1.807) is 0 Å². The normalized spacial score (nSPS) is 19.6. The van der Waals surface area contributed by atoms with Crippen molar-refractivity contribution >= 4 is 5.91 Å². The van der Waals surface area contributed by atoms with Crippen molar-refractivity contribution in [2.24, 2.45) is 0 Å². The van der Waals surface area contributed by atoms with Crippen molar-refractivity contribution in [1.29, 1.82) is 0 Å². The molecule has 1 unspecified atom stereocenters. The second-order valence-electron chi connectivity index (χ2n) is 5.44. The molecule has 0 saturated carbocycles. The van der Waals surface area contributed by atoms with E-state index in [1.165, 1.54) is 6.42 Å². The summed E-state index contributed by atoms with van der Waals surface area (Å²) in [6.07, 6.45) is 3.49. The number of carbonyl (C=O) groups excluding carboxylic acids is 1. The Labute approximate surface area is 98.3 Å². The molecule has 1 aliphatic rings. The molecular formula is C12H24N2O2. The van der Waals surface area contributed by atoms with Crippen LogP contribution in [0.15, 0.2) is 0 Å². The van der Waals surface area contributed by atoms with E-state index in [0.717, 1.165) is 25.9 Å². The molecule has 0 radical (unpaired) electrons. The van der Waals surface area contributed by atoms with E-state index in [-0.39, 0.29) is 17.6 Å². The summed E-state index contributed by atoms with van der Waals surface area (Å²) in [5.74, 6) is 0.143. The lowest BCUT2D eigenvalue weighted by atomic mass is 10.1. The second-order valence-corrected chi connectivity index (χ2v) is 5.44. The second kappa shape index (κ2) is 5.64. The third-order valence-electron chi connectivity index (χ3n) is 2.58. The van der Waals surface area contributed by atoms with Crippen LogP contribution in [-0.4, -0.2) is 35.5 Å². The highest BCUT2D eigenvalue weighted by molar-refractivity contribution is 5.81. The lowest BCUT2D eigenvalue weighted by Crippen LogP contribution is -2.48. The summed E-state index contributed by atoms with van der Waals surface area (Å²) >= 11 is 0. The van der Waals surface area contributed by atoms with E-state index in [0.29, 0.717) is 0 Å². The number of likely N-dealkylation sites (tertiary alicyclic amines) is 1. The van der Waals surface area contributed by atoms with Gasteiger partial charge in [-0.15, -0.1) is 0 Å². The number of rotatable bonds is 3. The van der Waals surface area contributed by atoms with E-state index in [9.17, 15) is 4.79 Å². The minimum absolute atomic E-state index is 0.143. The Hall–Kier alpha value is -0.610. The minimum Gasteiger partial charge on any atom is -0.341 e. The number of hydroxylamine groups is 1. The zero-order valence-electron chi connectivity index (χ0n) is 10.9. The number of hydrogen-bond acceptors (Lipinski definition) is 3. The number of carbonyl (C=O) groups is 1. The van der Waals surface area contributed by atoms with Gasteiger partial charge in [-0.2, -0.15) is 5.48 Å². The van der Waals surface area contributed by atoms with Crippen LogP contribution in [0.25, 0.3) is 0 Å². The molecule has 1 saturated heterocycles. The van der Waals surface area contributed by atoms with Crippen LogP contribution in [0.2, 0.25) is 0 Å². The average Bonchev–Trinajstić information content (AvgIpc) is 2.25. The molecule has 16 heavy (non-hydrogen) atoms. The quantitative estimate of drug-likeness (QED) is 0.748. The maximum Gasteiger partial charge on any atom is 0.241 e. The highest BCUT2D eigenvalue weighted by Crippen LogP contribution is 2.11. The molecule has 1 amide bonds. The highest BCUT2D eigenvalue weighted by atomic mass is 16.7. The van der Waals surface area contributed by atoms with Crippen LogP contribution < -0.4 is 5.48 Å². The standard InChI is InChI=1S/C12H24N2O2/c1-10(13-16-12(2,3)4)11(15)14-8-6-5-7-9-14/h10,13H,5-9H2,1-4H3. The van der Waals surface area contributed by atoms with Gasteiger partial charge in [-0.3, -0.25) is 9.63 Å². The van der Waals surface area contributed by atoms with Crippen LogP contribution >= 0.6 is 0 Å². The molecular weight excluding hydrogens is 204 g/mol. The molecule has 4 nitrogen and oxygen atoms in total. The molecule has 0 aliphatic carbocycles. The molecule has 0 aromatic heterocycles. The van der Waals surface area contributed by atoms with Gasteiger partial charge in [-0.1, -0.05) is 0 Å². The number of nitrogens with zero attached hydrogens (tertiary/aromatic N) is 1. The Morgan fingerprint density at radius 1 is 1.25 bits per heavy atom. The first-order valence-corrected chi connectivity index (χ1v) is 6.12. The number of amides is 1. The molecule has 1 N–H and O–H groups in total. The molecule has 0 aromatic rings. The predicted octanol–water partition coefficient (Wildman–Crippen LogP) is 1.71. The monoisotopic (exact) mass is 228 g/mol. The van der Waals surface area contributed by atoms with E-state index >= 15 is 0 Å². The zero-order chi connectivity index (χ0) is 12.2. The largest absolute Gasteiger partial charge is 0.341 e. The lowest BCUT2D eigenvalue weighted by Gasteiger charge is -2.30. The highest BCUT2D eigenvalue weighted by Gasteiger charge is 2.23. The van der Waals surface area contributed by atoms with E-state index in [4.69, 9.17) is 4.84 Å². The van der Waals surface area contributed by atoms with Crippen LogP contribution in [0.4, 0.5) is 0 Å². The zero-order valence-corrected chi connectivity index (χ0v) is 10.9. The molecule has 0 bridgehead atoms. The van der Waals surface area contributed by atoms with Gasteiger partial charge in [0.15, 0.2) is 0 Å². The molecule has 4 heteroatoms. The Kier molecular flexibility index (Phi) is 4.74. The van der Waals surface area contributed by atoms with Crippen LogP contribution in [0, 0.1) is 0 Å². The lowest BCUT2D eigenvalue weighted by molar-refractivity contribution is -0.144. The molecule has 1 heterocycles. The van der Waals surface area contributed by atoms with Crippen LogP contribution in [-0.2, 0) is 9.63 Å². The van der Waals surface area contributed by atoms with Crippen molar-refractivity contribution in [3.8, 4) is 0 Å². The molecule has 0 spiro atoms. The molecule has 1 fully saturated rings. The molecule has 1 aliphatic heterocycles. The van der Waals surface area contributed by atoms with Crippen molar-refractivity contribution in [1.82, 2.24) is 10.4 Å². The number of piperidine rings is 1. The van der Waals surface area contributed by atoms with Crippen molar-refractivity contribution in [3.63, 3.8) is 0 Å². The first-order chi connectivity index (χ1) is 7.40. The van der Waals surface area contributed by atoms with Crippen molar-refractivity contribution in [3.05, 3.63) is 0 Å². The number of hydrogen-bond donors (Lipinski definition) is 1. The van der Waals surface area contributed by atoms with Crippen molar-refractivity contribution in [2.75, 3.05) is 13.1 Å². The summed E-state index contributed by atoms with van der Waals surface area (Å²) in [5, 5.41) is 0. The van der Waals surface area contributed by atoms with Crippen LogP contribution in [0.1, 0.15) is 47.0 Å². The molecule has 1 atom stereocenters.